The first-order valence-corrected chi connectivity index (χ1v) is 6.57. The topological polar surface area (TPSA) is 92.4 Å². The lowest BCUT2D eigenvalue weighted by atomic mass is 10.3. The van der Waals surface area contributed by atoms with Crippen LogP contribution in [0, 0.1) is 5.82 Å². The Kier molecular flexibility index (Phi) is 4.44. The van der Waals surface area contributed by atoms with Gasteiger partial charge in [0.25, 0.3) is 0 Å². The van der Waals surface area contributed by atoms with Gasteiger partial charge in [-0.2, -0.15) is 0 Å². The number of aliphatic hydroxyl groups is 1. The molecule has 4 N–H and O–H groups in total. The highest BCUT2D eigenvalue weighted by atomic mass is 32.2. The van der Waals surface area contributed by atoms with Crippen LogP contribution in [0.5, 0.6) is 0 Å². The average Bonchev–Trinajstić information content (AvgIpc) is 2.29. The first-order valence-electron chi connectivity index (χ1n) is 5.09. The number of aliphatic hydroxyl groups excluding tert-OH is 1. The number of rotatable bonds is 5. The highest BCUT2D eigenvalue weighted by molar-refractivity contribution is 7.89. The van der Waals surface area contributed by atoms with Crippen LogP contribution in [0.25, 0.3) is 0 Å². The van der Waals surface area contributed by atoms with Gasteiger partial charge < -0.3 is 10.8 Å². The van der Waals surface area contributed by atoms with Crippen molar-refractivity contribution in [3.63, 3.8) is 0 Å². The van der Waals surface area contributed by atoms with E-state index in [9.17, 15) is 12.8 Å². The van der Waals surface area contributed by atoms with E-state index in [-0.39, 0.29) is 11.5 Å². The Morgan fingerprint density at radius 3 is 2.71 bits per heavy atom. The number of anilines is 1. The molecule has 17 heavy (non-hydrogen) atoms. The predicted molar refractivity (Wildman–Crippen MR) is 62.3 cm³/mol. The van der Waals surface area contributed by atoms with E-state index in [4.69, 9.17) is 10.8 Å². The summed E-state index contributed by atoms with van der Waals surface area (Å²) in [5.41, 5.74) is 4.95. The van der Waals surface area contributed by atoms with E-state index in [0.717, 1.165) is 6.07 Å². The van der Waals surface area contributed by atoms with Gasteiger partial charge in [-0.05, 0) is 18.6 Å². The third-order valence-corrected chi connectivity index (χ3v) is 3.92. The molecule has 1 aromatic carbocycles. The molecule has 7 heteroatoms. The van der Waals surface area contributed by atoms with Crippen LogP contribution in [-0.2, 0) is 10.0 Å². The molecule has 0 saturated carbocycles. The van der Waals surface area contributed by atoms with Crippen LogP contribution in [-0.4, -0.2) is 26.2 Å². The van der Waals surface area contributed by atoms with E-state index in [0.29, 0.717) is 6.42 Å². The molecule has 1 rings (SSSR count). The van der Waals surface area contributed by atoms with Crippen molar-refractivity contribution >= 4 is 15.7 Å². The summed E-state index contributed by atoms with van der Waals surface area (Å²) in [5, 5.41) is 8.93. The molecule has 0 heterocycles. The lowest BCUT2D eigenvalue weighted by molar-refractivity contribution is 0.254. The second kappa shape index (κ2) is 5.44. The molecular weight excluding hydrogens is 247 g/mol. The number of hydrogen-bond acceptors (Lipinski definition) is 4. The fourth-order valence-electron chi connectivity index (χ4n) is 1.28. The Labute approximate surface area is 99.5 Å². The van der Waals surface area contributed by atoms with Gasteiger partial charge in [-0.1, -0.05) is 13.0 Å². The number of hydrogen-bond donors (Lipinski definition) is 3. The number of sulfonamides is 1. The smallest absolute Gasteiger partial charge is 0.243 e. The fourth-order valence-corrected chi connectivity index (χ4v) is 2.74. The monoisotopic (exact) mass is 262 g/mol. The largest absolute Gasteiger partial charge is 0.395 e. The Hall–Kier alpha value is -1.18. The summed E-state index contributed by atoms with van der Waals surface area (Å²) in [6.45, 7) is 1.39. The van der Waals surface area contributed by atoms with Gasteiger partial charge >= 0.3 is 0 Å². The summed E-state index contributed by atoms with van der Waals surface area (Å²) in [6, 6.07) is 2.95. The molecule has 1 atom stereocenters. The Balaban J connectivity index is 3.09. The van der Waals surface area contributed by atoms with Gasteiger partial charge in [0, 0.05) is 6.04 Å². The van der Waals surface area contributed by atoms with Gasteiger partial charge in [-0.15, -0.1) is 0 Å². The molecule has 0 radical (unpaired) electrons. The zero-order valence-corrected chi connectivity index (χ0v) is 10.2. The van der Waals surface area contributed by atoms with Crippen LogP contribution >= 0.6 is 0 Å². The van der Waals surface area contributed by atoms with Gasteiger partial charge in [-0.3, -0.25) is 0 Å². The van der Waals surface area contributed by atoms with Crippen molar-refractivity contribution in [1.29, 1.82) is 0 Å². The van der Waals surface area contributed by atoms with E-state index >= 15 is 0 Å². The zero-order chi connectivity index (χ0) is 13.1. The number of nitrogen functional groups attached to an aromatic ring is 1. The van der Waals surface area contributed by atoms with Crippen LogP contribution in [0.1, 0.15) is 13.3 Å². The molecule has 1 aromatic rings. The number of halogens is 1. The number of para-hydroxylation sites is 1. The summed E-state index contributed by atoms with van der Waals surface area (Å²) < 4.78 is 39.1. The van der Waals surface area contributed by atoms with Crippen LogP contribution in [0.15, 0.2) is 23.1 Å². The van der Waals surface area contributed by atoms with Crippen LogP contribution in [0.2, 0.25) is 0 Å². The summed E-state index contributed by atoms with van der Waals surface area (Å²) in [7, 11) is -3.91. The van der Waals surface area contributed by atoms with Crippen molar-refractivity contribution in [2.24, 2.45) is 0 Å². The summed E-state index contributed by atoms with van der Waals surface area (Å²) in [4.78, 5) is -0.315. The van der Waals surface area contributed by atoms with Gasteiger partial charge in [0.05, 0.1) is 12.3 Å². The summed E-state index contributed by atoms with van der Waals surface area (Å²) in [6.07, 6.45) is 0.422. The average molecular weight is 262 g/mol. The molecule has 0 bridgehead atoms. The molecule has 0 aromatic heterocycles. The minimum atomic E-state index is -3.91. The lowest BCUT2D eigenvalue weighted by Gasteiger charge is -2.15. The molecule has 0 aliphatic carbocycles. The maximum Gasteiger partial charge on any atom is 0.243 e. The second-order valence-electron chi connectivity index (χ2n) is 3.56. The number of nitrogens with one attached hydrogen (secondary N) is 1. The highest BCUT2D eigenvalue weighted by Gasteiger charge is 2.22. The molecular formula is C10H15FN2O3S. The Bertz CT molecular complexity index is 486. The lowest BCUT2D eigenvalue weighted by Crippen LogP contribution is -2.37. The number of nitrogens with two attached hydrogens (primary N) is 1. The quantitative estimate of drug-likeness (QED) is 0.672. The van der Waals surface area contributed by atoms with Crippen molar-refractivity contribution < 1.29 is 17.9 Å². The van der Waals surface area contributed by atoms with Gasteiger partial charge in [0.1, 0.15) is 10.7 Å². The number of benzene rings is 1. The van der Waals surface area contributed by atoms with Gasteiger partial charge in [0.15, 0.2) is 0 Å². The summed E-state index contributed by atoms with van der Waals surface area (Å²) >= 11 is 0. The van der Waals surface area contributed by atoms with Crippen molar-refractivity contribution in [3.8, 4) is 0 Å². The maximum absolute atomic E-state index is 13.1. The molecule has 0 saturated heterocycles. The Morgan fingerprint density at radius 2 is 2.18 bits per heavy atom. The van der Waals surface area contributed by atoms with Crippen molar-refractivity contribution in [3.05, 3.63) is 24.0 Å². The third kappa shape index (κ3) is 3.15. The normalized spacial score (nSPS) is 13.6. The molecule has 96 valence electrons. The van der Waals surface area contributed by atoms with Crippen LogP contribution in [0.3, 0.4) is 0 Å². The first kappa shape index (κ1) is 13.9. The van der Waals surface area contributed by atoms with Gasteiger partial charge in [-0.25, -0.2) is 17.5 Å². The third-order valence-electron chi connectivity index (χ3n) is 2.34. The predicted octanol–water partition coefficient (Wildman–Crippen LogP) is 0.457. The molecule has 5 nitrogen and oxygen atoms in total. The molecule has 0 fully saturated rings. The van der Waals surface area contributed by atoms with Crippen LogP contribution < -0.4 is 10.5 Å². The first-order chi connectivity index (χ1) is 7.92. The Morgan fingerprint density at radius 1 is 1.53 bits per heavy atom. The maximum atomic E-state index is 13.1. The van der Waals surface area contributed by atoms with Gasteiger partial charge in [0.2, 0.25) is 10.0 Å². The second-order valence-corrected chi connectivity index (χ2v) is 5.24. The molecule has 0 unspecified atom stereocenters. The van der Waals surface area contributed by atoms with Crippen molar-refractivity contribution in [1.82, 2.24) is 4.72 Å². The van der Waals surface area contributed by atoms with Crippen molar-refractivity contribution in [2.45, 2.75) is 24.3 Å². The minimum Gasteiger partial charge on any atom is -0.395 e. The summed E-state index contributed by atoms with van der Waals surface area (Å²) in [5.74, 6) is -0.787. The molecule has 0 aliphatic heterocycles. The molecule has 0 spiro atoms. The van der Waals surface area contributed by atoms with Crippen molar-refractivity contribution in [2.75, 3.05) is 12.3 Å². The van der Waals surface area contributed by atoms with E-state index in [2.05, 4.69) is 4.72 Å². The van der Waals surface area contributed by atoms with E-state index in [1.165, 1.54) is 12.1 Å². The van der Waals surface area contributed by atoms with E-state index < -0.39 is 27.6 Å². The SMILES string of the molecule is CC[C@@H](CO)NS(=O)(=O)c1cccc(F)c1N. The van der Waals surface area contributed by atoms with Crippen LogP contribution in [0.4, 0.5) is 10.1 Å². The van der Waals surface area contributed by atoms with E-state index in [1.54, 1.807) is 6.92 Å². The zero-order valence-electron chi connectivity index (χ0n) is 9.35. The fraction of sp³-hybridized carbons (Fsp3) is 0.400. The molecule has 0 aliphatic rings. The molecule has 0 amide bonds. The highest BCUT2D eigenvalue weighted by Crippen LogP contribution is 2.21. The minimum absolute atomic E-state index is 0.315. The van der Waals surface area contributed by atoms with E-state index in [1.807, 2.05) is 0 Å². The standard InChI is InChI=1S/C10H15FN2O3S/c1-2-7(6-14)13-17(15,16)9-5-3-4-8(11)10(9)12/h3-5,7,13-14H,2,6,12H2,1H3/t7-/m0/s1.